The predicted molar refractivity (Wildman–Crippen MR) is 43.0 cm³/mol. The minimum absolute atomic E-state index is 0.139. The van der Waals surface area contributed by atoms with E-state index in [1.165, 1.54) is 6.92 Å². The Morgan fingerprint density at radius 3 is 1.82 bits per heavy atom. The lowest BCUT2D eigenvalue weighted by atomic mass is 10.5. The number of aliphatic hydroxyl groups excluding tert-OH is 2. The second-order valence-electron chi connectivity index (χ2n) is 2.06. The minimum atomic E-state index is -0.560. The highest BCUT2D eigenvalue weighted by Crippen LogP contribution is 1.73. The van der Waals surface area contributed by atoms with E-state index in [2.05, 4.69) is 4.98 Å². The van der Waals surface area contributed by atoms with Gasteiger partial charge in [-0.25, -0.2) is 0 Å². The highest BCUT2D eigenvalue weighted by atomic mass is 16.3. The molecular formula is C8H13NO2. The van der Waals surface area contributed by atoms with E-state index in [9.17, 15) is 0 Å². The molecule has 0 aromatic carbocycles. The van der Waals surface area contributed by atoms with Crippen molar-refractivity contribution in [2.75, 3.05) is 6.61 Å². The van der Waals surface area contributed by atoms with Gasteiger partial charge in [0.2, 0.25) is 0 Å². The van der Waals surface area contributed by atoms with Gasteiger partial charge in [0.1, 0.15) is 0 Å². The number of hydrogen-bond acceptors (Lipinski definition) is 3. The van der Waals surface area contributed by atoms with Crippen molar-refractivity contribution in [3.8, 4) is 0 Å². The molecule has 1 aromatic rings. The summed E-state index contributed by atoms with van der Waals surface area (Å²) in [5.41, 5.74) is 0. The number of rotatable bonds is 1. The normalized spacial score (nSPS) is 11.2. The summed E-state index contributed by atoms with van der Waals surface area (Å²) in [5, 5.41) is 16.0. The molecule has 1 atom stereocenters. The molecule has 3 nitrogen and oxygen atoms in total. The highest BCUT2D eigenvalue weighted by molar-refractivity contribution is 4.88. The van der Waals surface area contributed by atoms with Crippen molar-refractivity contribution in [3.05, 3.63) is 30.6 Å². The lowest BCUT2D eigenvalue weighted by molar-refractivity contribution is 0.110. The van der Waals surface area contributed by atoms with E-state index in [4.69, 9.17) is 10.2 Å². The quantitative estimate of drug-likeness (QED) is 0.618. The molecule has 0 aliphatic heterocycles. The lowest BCUT2D eigenvalue weighted by Gasteiger charge is -1.90. The number of pyridine rings is 1. The van der Waals surface area contributed by atoms with Crippen LogP contribution in [0.4, 0.5) is 0 Å². The van der Waals surface area contributed by atoms with Gasteiger partial charge in [0.05, 0.1) is 12.7 Å². The van der Waals surface area contributed by atoms with Crippen molar-refractivity contribution in [1.29, 1.82) is 0 Å². The van der Waals surface area contributed by atoms with Gasteiger partial charge < -0.3 is 10.2 Å². The van der Waals surface area contributed by atoms with Crippen LogP contribution < -0.4 is 0 Å². The van der Waals surface area contributed by atoms with Crippen LogP contribution in [0.3, 0.4) is 0 Å². The van der Waals surface area contributed by atoms with Crippen LogP contribution in [-0.4, -0.2) is 27.9 Å². The number of nitrogens with zero attached hydrogens (tertiary/aromatic N) is 1. The number of hydrogen-bond donors (Lipinski definition) is 2. The van der Waals surface area contributed by atoms with Crippen LogP contribution in [0.1, 0.15) is 6.92 Å². The Morgan fingerprint density at radius 1 is 1.27 bits per heavy atom. The van der Waals surface area contributed by atoms with Crippen LogP contribution in [0.5, 0.6) is 0 Å². The molecular weight excluding hydrogens is 142 g/mol. The Kier molecular flexibility index (Phi) is 6.57. The molecule has 1 unspecified atom stereocenters. The average Bonchev–Trinajstić information content (AvgIpc) is 2.09. The summed E-state index contributed by atoms with van der Waals surface area (Å²) in [6.07, 6.45) is 2.94. The molecule has 3 heteroatoms. The fourth-order valence-electron chi connectivity index (χ4n) is 0.313. The van der Waals surface area contributed by atoms with E-state index in [1.807, 2.05) is 18.2 Å². The Labute approximate surface area is 66.3 Å². The maximum atomic E-state index is 8.11. The summed E-state index contributed by atoms with van der Waals surface area (Å²) in [6.45, 7) is 1.39. The van der Waals surface area contributed by atoms with E-state index in [0.29, 0.717) is 0 Å². The molecule has 11 heavy (non-hydrogen) atoms. The SMILES string of the molecule is CC(O)CO.c1ccncc1. The van der Waals surface area contributed by atoms with Crippen LogP contribution >= 0.6 is 0 Å². The summed E-state index contributed by atoms with van der Waals surface area (Å²) in [6, 6.07) is 5.72. The van der Waals surface area contributed by atoms with E-state index >= 15 is 0 Å². The fraction of sp³-hybridized carbons (Fsp3) is 0.375. The molecule has 0 aliphatic carbocycles. The van der Waals surface area contributed by atoms with Crippen molar-refractivity contribution in [3.63, 3.8) is 0 Å². The summed E-state index contributed by atoms with van der Waals surface area (Å²) in [4.78, 5) is 3.78. The first kappa shape index (κ1) is 10.1. The third-order valence-electron chi connectivity index (χ3n) is 0.831. The third-order valence-corrected chi connectivity index (χ3v) is 0.831. The predicted octanol–water partition coefficient (Wildman–Crippen LogP) is 0.441. The minimum Gasteiger partial charge on any atom is -0.394 e. The molecule has 62 valence electrons. The summed E-state index contributed by atoms with van der Waals surface area (Å²) in [5.74, 6) is 0. The second kappa shape index (κ2) is 7.18. The van der Waals surface area contributed by atoms with Gasteiger partial charge in [0.15, 0.2) is 0 Å². The van der Waals surface area contributed by atoms with Crippen molar-refractivity contribution in [2.24, 2.45) is 0 Å². The van der Waals surface area contributed by atoms with E-state index < -0.39 is 6.10 Å². The van der Waals surface area contributed by atoms with Gasteiger partial charge in [-0.15, -0.1) is 0 Å². The molecule has 1 aromatic heterocycles. The van der Waals surface area contributed by atoms with Gasteiger partial charge in [-0.3, -0.25) is 4.98 Å². The van der Waals surface area contributed by atoms with Gasteiger partial charge in [-0.05, 0) is 19.1 Å². The van der Waals surface area contributed by atoms with E-state index in [1.54, 1.807) is 12.4 Å². The largest absolute Gasteiger partial charge is 0.394 e. The molecule has 2 N–H and O–H groups in total. The molecule has 0 bridgehead atoms. The van der Waals surface area contributed by atoms with Crippen molar-refractivity contribution < 1.29 is 10.2 Å². The Bertz CT molecular complexity index is 127. The van der Waals surface area contributed by atoms with Gasteiger partial charge in [-0.1, -0.05) is 6.07 Å². The molecule has 1 heterocycles. The zero-order valence-electron chi connectivity index (χ0n) is 6.51. The molecule has 0 amide bonds. The van der Waals surface area contributed by atoms with Crippen molar-refractivity contribution >= 4 is 0 Å². The second-order valence-corrected chi connectivity index (χ2v) is 2.06. The molecule has 0 aliphatic rings. The average molecular weight is 155 g/mol. The summed E-state index contributed by atoms with van der Waals surface area (Å²) in [7, 11) is 0. The van der Waals surface area contributed by atoms with Crippen LogP contribution in [0, 0.1) is 0 Å². The Morgan fingerprint density at radius 2 is 1.73 bits per heavy atom. The Balaban J connectivity index is 0.000000187. The summed E-state index contributed by atoms with van der Waals surface area (Å²) < 4.78 is 0. The topological polar surface area (TPSA) is 53.4 Å². The first-order valence-electron chi connectivity index (χ1n) is 3.41. The zero-order valence-corrected chi connectivity index (χ0v) is 6.51. The van der Waals surface area contributed by atoms with Gasteiger partial charge in [0.25, 0.3) is 0 Å². The smallest absolute Gasteiger partial charge is 0.0742 e. The third kappa shape index (κ3) is 9.07. The van der Waals surface area contributed by atoms with Crippen LogP contribution in [0.2, 0.25) is 0 Å². The Hall–Kier alpha value is -0.930. The highest BCUT2D eigenvalue weighted by Gasteiger charge is 1.83. The van der Waals surface area contributed by atoms with E-state index in [0.717, 1.165) is 0 Å². The lowest BCUT2D eigenvalue weighted by Crippen LogP contribution is -2.03. The van der Waals surface area contributed by atoms with Gasteiger partial charge >= 0.3 is 0 Å². The van der Waals surface area contributed by atoms with Gasteiger partial charge in [0, 0.05) is 12.4 Å². The van der Waals surface area contributed by atoms with Crippen molar-refractivity contribution in [1.82, 2.24) is 4.98 Å². The molecule has 0 saturated carbocycles. The molecule has 0 radical (unpaired) electrons. The monoisotopic (exact) mass is 155 g/mol. The molecule has 0 saturated heterocycles. The first-order valence-corrected chi connectivity index (χ1v) is 3.41. The fourth-order valence-corrected chi connectivity index (χ4v) is 0.313. The van der Waals surface area contributed by atoms with Crippen LogP contribution in [0.15, 0.2) is 30.6 Å². The number of aliphatic hydroxyl groups is 2. The maximum Gasteiger partial charge on any atom is 0.0742 e. The van der Waals surface area contributed by atoms with Crippen LogP contribution in [0.25, 0.3) is 0 Å². The van der Waals surface area contributed by atoms with Gasteiger partial charge in [-0.2, -0.15) is 0 Å². The molecule has 0 fully saturated rings. The number of aromatic nitrogens is 1. The standard InChI is InChI=1S/C5H5N.C3H8O2/c1-2-4-6-5-3-1;1-3(5)2-4/h1-5H;3-5H,2H2,1H3. The maximum absolute atomic E-state index is 8.11. The molecule has 1 rings (SSSR count). The van der Waals surface area contributed by atoms with E-state index in [-0.39, 0.29) is 6.61 Å². The van der Waals surface area contributed by atoms with Crippen LogP contribution in [-0.2, 0) is 0 Å². The van der Waals surface area contributed by atoms with Crippen molar-refractivity contribution in [2.45, 2.75) is 13.0 Å². The summed E-state index contributed by atoms with van der Waals surface area (Å²) >= 11 is 0. The zero-order chi connectivity index (χ0) is 8.53. The first-order chi connectivity index (χ1) is 5.27. The molecule has 0 spiro atoms.